The fourth-order valence-corrected chi connectivity index (χ4v) is 6.15. The van der Waals surface area contributed by atoms with E-state index >= 15 is 0 Å². The van der Waals surface area contributed by atoms with Crippen LogP contribution >= 0.6 is 30.9 Å². The normalized spacial score (nSPS) is 20.9. The Morgan fingerprint density at radius 2 is 1.90 bits per heavy atom. The number of imide groups is 1. The summed E-state index contributed by atoms with van der Waals surface area (Å²) < 4.78 is 15.2. The molecule has 3 aromatic rings. The Hall–Kier alpha value is -2.97. The molecule has 2 fully saturated rings. The van der Waals surface area contributed by atoms with E-state index in [1.54, 1.807) is 23.6 Å². The molecule has 3 aromatic heterocycles. The quantitative estimate of drug-likeness (QED) is 0.193. The second-order valence-corrected chi connectivity index (χ2v) is 12.3. The van der Waals surface area contributed by atoms with Crippen LogP contribution in [0.3, 0.4) is 0 Å². The average Bonchev–Trinajstić information content (AvgIpc) is 3.56. The molecule has 0 aromatic carbocycles. The number of amides is 2. The van der Waals surface area contributed by atoms with E-state index in [2.05, 4.69) is 42.0 Å². The number of nitrogens with zero attached hydrogens (tertiary/aromatic N) is 4. The third-order valence-electron chi connectivity index (χ3n) is 6.44. The molecule has 0 bridgehead atoms. The van der Waals surface area contributed by atoms with Gasteiger partial charge in [-0.15, -0.1) is 0 Å². The van der Waals surface area contributed by atoms with Crippen LogP contribution in [0, 0.1) is 0 Å². The zero-order valence-corrected chi connectivity index (χ0v) is 23.7. The van der Waals surface area contributed by atoms with Gasteiger partial charge in [0.25, 0.3) is 11.1 Å². The second kappa shape index (κ2) is 12.7. The smallest absolute Gasteiger partial charge is 0.351 e. The Morgan fingerprint density at radius 1 is 1.10 bits per heavy atom. The van der Waals surface area contributed by atoms with Crippen molar-refractivity contribution in [3.63, 3.8) is 0 Å². The predicted octanol–water partition coefficient (Wildman–Crippen LogP) is 4.22. The minimum atomic E-state index is -4.82. The van der Waals surface area contributed by atoms with Gasteiger partial charge in [-0.2, -0.15) is 11.3 Å². The van der Waals surface area contributed by atoms with Crippen molar-refractivity contribution < 1.29 is 28.5 Å². The average molecular weight is 603 g/mol. The third kappa shape index (κ3) is 7.61. The summed E-state index contributed by atoms with van der Waals surface area (Å²) in [6.45, 7) is -0.124. The predicted molar refractivity (Wildman–Crippen MR) is 152 cm³/mol. The van der Waals surface area contributed by atoms with Crippen molar-refractivity contribution in [2.75, 3.05) is 12.0 Å². The molecular weight excluding hydrogens is 575 g/mol. The zero-order valence-electron chi connectivity index (χ0n) is 21.2. The number of pyridine rings is 1. The van der Waals surface area contributed by atoms with Crippen molar-refractivity contribution in [2.24, 2.45) is 0 Å². The first-order chi connectivity index (χ1) is 19.2. The highest BCUT2D eigenvalue weighted by molar-refractivity contribution is 8.18. The highest BCUT2D eigenvalue weighted by Gasteiger charge is 2.36. The Bertz CT molecular complexity index is 1440. The summed E-state index contributed by atoms with van der Waals surface area (Å²) in [5.41, 5.74) is 3.56. The van der Waals surface area contributed by atoms with E-state index in [-0.39, 0.29) is 10.9 Å². The molecule has 0 spiro atoms. The number of phosphoric ester groups is 1. The zero-order chi connectivity index (χ0) is 28.1. The van der Waals surface area contributed by atoms with E-state index in [4.69, 9.17) is 14.8 Å². The Labute approximate surface area is 238 Å². The van der Waals surface area contributed by atoms with Gasteiger partial charge in [-0.05, 0) is 73.2 Å². The van der Waals surface area contributed by atoms with Crippen LogP contribution in [0.5, 0.6) is 0 Å². The van der Waals surface area contributed by atoms with Crippen molar-refractivity contribution in [3.05, 3.63) is 63.6 Å². The standard InChI is InChI=1S/C25H27N6O6PS2/c32-23-22(40-25(33)31(23)15-37-38(34,35)36)12-19-8-10-26-24(30-19)29-18-6-4-17(5-7-18)27-13-20-2-1-3-21(28-20)16-9-11-39-14-16/h1-3,8-12,14,17-18,27H,4-7,13,15H2,(H,26,29,30)(H2,34,35,36). The SMILES string of the molecule is O=C1SC(=Cc2ccnc(NC3CCC(NCc4cccc(-c5ccsc5)n4)CC3)n2)C(=O)N1COP(=O)(O)O. The molecular formula is C25H27N6O6PS2. The minimum Gasteiger partial charge on any atom is -0.351 e. The summed E-state index contributed by atoms with van der Waals surface area (Å²) in [6.07, 6.45) is 6.86. The number of anilines is 1. The molecule has 12 nitrogen and oxygen atoms in total. The first-order valence-corrected chi connectivity index (χ1v) is 15.8. The number of rotatable bonds is 10. The first-order valence-electron chi connectivity index (χ1n) is 12.5. The molecule has 1 saturated heterocycles. The van der Waals surface area contributed by atoms with Gasteiger partial charge in [-0.3, -0.25) is 19.1 Å². The summed E-state index contributed by atoms with van der Waals surface area (Å²) in [7, 11) is -4.82. The van der Waals surface area contributed by atoms with Crippen LogP contribution in [0.2, 0.25) is 0 Å². The molecule has 1 aliphatic carbocycles. The maximum atomic E-state index is 12.5. The van der Waals surface area contributed by atoms with E-state index in [9.17, 15) is 14.2 Å². The molecule has 1 saturated carbocycles. The molecule has 4 N–H and O–H groups in total. The van der Waals surface area contributed by atoms with Crippen molar-refractivity contribution >= 4 is 54.1 Å². The second-order valence-electron chi connectivity index (χ2n) is 9.26. The fraction of sp³-hybridized carbons (Fsp3) is 0.320. The summed E-state index contributed by atoms with van der Waals surface area (Å²) in [5.74, 6) is -0.292. The summed E-state index contributed by atoms with van der Waals surface area (Å²) in [4.78, 5) is 56.5. The maximum Gasteiger partial charge on any atom is 0.471 e. The molecule has 1 aliphatic heterocycles. The number of phosphoric acid groups is 1. The lowest BCUT2D eigenvalue weighted by atomic mass is 9.91. The molecule has 0 unspecified atom stereocenters. The van der Waals surface area contributed by atoms with Crippen LogP contribution in [0.25, 0.3) is 17.3 Å². The lowest BCUT2D eigenvalue weighted by molar-refractivity contribution is -0.124. The van der Waals surface area contributed by atoms with Crippen LogP contribution in [0.4, 0.5) is 10.7 Å². The molecule has 2 aliphatic rings. The van der Waals surface area contributed by atoms with Crippen molar-refractivity contribution in [2.45, 2.75) is 44.3 Å². The highest BCUT2D eigenvalue weighted by Crippen LogP contribution is 2.38. The summed E-state index contributed by atoms with van der Waals surface area (Å²) in [6, 6.07) is 10.4. The minimum absolute atomic E-state index is 0.0749. The number of carbonyl (C=O) groups is 2. The van der Waals surface area contributed by atoms with E-state index in [1.165, 1.54) is 6.08 Å². The van der Waals surface area contributed by atoms with Gasteiger partial charge in [0.2, 0.25) is 5.95 Å². The number of hydrogen-bond donors (Lipinski definition) is 4. The third-order valence-corrected chi connectivity index (χ3v) is 8.48. The fourth-order valence-electron chi connectivity index (χ4n) is 4.42. The van der Waals surface area contributed by atoms with Gasteiger partial charge in [0.1, 0.15) is 6.73 Å². The Morgan fingerprint density at radius 3 is 2.65 bits per heavy atom. The van der Waals surface area contributed by atoms with Gasteiger partial charge in [0, 0.05) is 35.8 Å². The maximum absolute atomic E-state index is 12.5. The van der Waals surface area contributed by atoms with Crippen molar-refractivity contribution in [3.8, 4) is 11.3 Å². The molecule has 0 atom stereocenters. The van der Waals surface area contributed by atoms with E-state index < -0.39 is 25.7 Å². The number of hydrogen-bond acceptors (Lipinski definition) is 11. The number of aromatic nitrogens is 3. The van der Waals surface area contributed by atoms with Crippen LogP contribution < -0.4 is 10.6 Å². The molecule has 15 heteroatoms. The number of thioether (sulfide) groups is 1. The van der Waals surface area contributed by atoms with Crippen LogP contribution in [-0.2, 0) is 20.4 Å². The van der Waals surface area contributed by atoms with Crippen molar-refractivity contribution in [1.29, 1.82) is 0 Å². The largest absolute Gasteiger partial charge is 0.471 e. The monoisotopic (exact) mass is 602 g/mol. The Kier molecular flexibility index (Phi) is 9.06. The topological polar surface area (TPSA) is 167 Å². The summed E-state index contributed by atoms with van der Waals surface area (Å²) >= 11 is 2.31. The Balaban J connectivity index is 1.11. The molecule has 0 radical (unpaired) electrons. The van der Waals surface area contributed by atoms with Gasteiger partial charge in [-0.25, -0.2) is 19.4 Å². The van der Waals surface area contributed by atoms with Gasteiger partial charge >= 0.3 is 7.82 Å². The summed E-state index contributed by atoms with van der Waals surface area (Å²) in [5, 5.41) is 10.5. The molecule has 4 heterocycles. The van der Waals surface area contributed by atoms with Crippen molar-refractivity contribution in [1.82, 2.24) is 25.2 Å². The number of thiophene rings is 1. The van der Waals surface area contributed by atoms with Crippen LogP contribution in [0.15, 0.2) is 52.2 Å². The molecule has 2 amide bonds. The first kappa shape index (κ1) is 28.6. The van der Waals surface area contributed by atoms with Gasteiger partial charge < -0.3 is 20.4 Å². The molecule has 40 heavy (non-hydrogen) atoms. The number of nitrogens with one attached hydrogen (secondary N) is 2. The molecule has 5 rings (SSSR count). The van der Waals surface area contributed by atoms with Gasteiger partial charge in [0.15, 0.2) is 0 Å². The lowest BCUT2D eigenvalue weighted by Crippen LogP contribution is -2.37. The van der Waals surface area contributed by atoms with E-state index in [0.29, 0.717) is 40.9 Å². The van der Waals surface area contributed by atoms with Gasteiger partial charge in [-0.1, -0.05) is 6.07 Å². The van der Waals surface area contributed by atoms with Crippen LogP contribution in [0.1, 0.15) is 37.1 Å². The number of carbonyl (C=O) groups excluding carboxylic acids is 2. The van der Waals surface area contributed by atoms with Gasteiger partial charge in [0.05, 0.1) is 22.0 Å². The van der Waals surface area contributed by atoms with E-state index in [0.717, 1.165) is 42.6 Å². The van der Waals surface area contributed by atoms with Crippen LogP contribution in [-0.4, -0.2) is 59.6 Å². The highest BCUT2D eigenvalue weighted by atomic mass is 32.2. The van der Waals surface area contributed by atoms with E-state index in [1.807, 2.05) is 18.2 Å². The molecule has 210 valence electrons. The lowest BCUT2D eigenvalue weighted by Gasteiger charge is -2.29.